The van der Waals surface area contributed by atoms with Crippen LogP contribution in [0.1, 0.15) is 52.1 Å². The zero-order valence-corrected chi connectivity index (χ0v) is 15.4. The Balaban J connectivity index is 2.70. The molecule has 6 heteroatoms. The number of hydrogen-bond donors (Lipinski definition) is 3. The number of guanidine groups is 1. The van der Waals surface area contributed by atoms with E-state index in [4.69, 9.17) is 4.74 Å². The third kappa shape index (κ3) is 7.17. The van der Waals surface area contributed by atoms with Gasteiger partial charge >= 0.3 is 0 Å². The van der Waals surface area contributed by atoms with Gasteiger partial charge in [0.15, 0.2) is 5.96 Å². The fourth-order valence-corrected chi connectivity index (χ4v) is 2.64. The van der Waals surface area contributed by atoms with Crippen molar-refractivity contribution in [1.29, 1.82) is 0 Å². The Bertz CT molecular complexity index is 500. The van der Waals surface area contributed by atoms with E-state index in [1.54, 1.807) is 7.11 Å². The molecule has 1 heterocycles. The number of aliphatic hydroxyl groups is 1. The number of ether oxygens (including phenoxy) is 1. The first-order valence-corrected chi connectivity index (χ1v) is 8.81. The Morgan fingerprint density at radius 1 is 1.21 bits per heavy atom. The molecule has 0 aliphatic carbocycles. The van der Waals surface area contributed by atoms with Gasteiger partial charge in [0.05, 0.1) is 24.9 Å². The fraction of sp³-hybridized carbons (Fsp3) is 0.667. The number of hydrogen-bond acceptors (Lipinski definition) is 4. The molecule has 1 rings (SSSR count). The normalized spacial score (nSPS) is 12.1. The van der Waals surface area contributed by atoms with Crippen LogP contribution in [0, 0.1) is 0 Å². The lowest BCUT2D eigenvalue weighted by Crippen LogP contribution is -2.47. The lowest BCUT2D eigenvalue weighted by atomic mass is 9.93. The number of aliphatic imine (C=N–C) groups is 1. The molecule has 0 unspecified atom stereocenters. The van der Waals surface area contributed by atoms with Crippen molar-refractivity contribution in [3.63, 3.8) is 0 Å². The highest BCUT2D eigenvalue weighted by atomic mass is 16.5. The van der Waals surface area contributed by atoms with E-state index in [2.05, 4.69) is 34.5 Å². The van der Waals surface area contributed by atoms with Gasteiger partial charge in [-0.1, -0.05) is 32.8 Å². The third-order valence-electron chi connectivity index (χ3n) is 3.75. The Morgan fingerprint density at radius 3 is 2.50 bits per heavy atom. The van der Waals surface area contributed by atoms with Crippen LogP contribution in [0.4, 0.5) is 0 Å². The second-order valence-corrected chi connectivity index (χ2v) is 5.94. The summed E-state index contributed by atoms with van der Waals surface area (Å²) in [7, 11) is 1.60. The van der Waals surface area contributed by atoms with Crippen molar-refractivity contribution in [3.8, 4) is 5.88 Å². The molecule has 0 aliphatic heterocycles. The van der Waals surface area contributed by atoms with Crippen LogP contribution < -0.4 is 15.4 Å². The highest BCUT2D eigenvalue weighted by molar-refractivity contribution is 5.79. The van der Waals surface area contributed by atoms with Crippen LogP contribution >= 0.6 is 0 Å². The molecule has 136 valence electrons. The van der Waals surface area contributed by atoms with E-state index in [9.17, 15) is 5.11 Å². The lowest BCUT2D eigenvalue weighted by molar-refractivity contribution is 0.0257. The summed E-state index contributed by atoms with van der Waals surface area (Å²) in [6.07, 6.45) is 3.48. The minimum Gasteiger partial charge on any atom is -0.481 e. The van der Waals surface area contributed by atoms with E-state index in [0.717, 1.165) is 37.9 Å². The summed E-state index contributed by atoms with van der Waals surface area (Å²) in [4.78, 5) is 8.90. The smallest absolute Gasteiger partial charge is 0.213 e. The van der Waals surface area contributed by atoms with Gasteiger partial charge in [-0.25, -0.2) is 9.98 Å². The number of rotatable bonds is 10. The van der Waals surface area contributed by atoms with Crippen LogP contribution in [-0.2, 0) is 6.54 Å². The molecule has 0 spiro atoms. The van der Waals surface area contributed by atoms with Gasteiger partial charge in [0, 0.05) is 19.2 Å². The molecule has 0 saturated heterocycles. The van der Waals surface area contributed by atoms with Crippen LogP contribution in [0.2, 0.25) is 0 Å². The molecular weight excluding hydrogens is 304 g/mol. The summed E-state index contributed by atoms with van der Waals surface area (Å²) in [6.45, 7) is 7.91. The second kappa shape index (κ2) is 10.9. The van der Waals surface area contributed by atoms with E-state index >= 15 is 0 Å². The molecule has 6 nitrogen and oxygen atoms in total. The number of methoxy groups -OCH3 is 1. The predicted molar refractivity (Wildman–Crippen MR) is 98.4 cm³/mol. The molecule has 0 atom stereocenters. The number of pyridine rings is 1. The predicted octanol–water partition coefficient (Wildman–Crippen LogP) is 2.48. The maximum Gasteiger partial charge on any atom is 0.213 e. The van der Waals surface area contributed by atoms with Gasteiger partial charge in [0.2, 0.25) is 5.88 Å². The van der Waals surface area contributed by atoms with Crippen molar-refractivity contribution >= 4 is 5.96 Å². The van der Waals surface area contributed by atoms with Gasteiger partial charge in [0.25, 0.3) is 0 Å². The summed E-state index contributed by atoms with van der Waals surface area (Å²) in [5.74, 6) is 1.27. The molecule has 0 aliphatic rings. The van der Waals surface area contributed by atoms with Crippen molar-refractivity contribution < 1.29 is 9.84 Å². The summed E-state index contributed by atoms with van der Waals surface area (Å²) in [5.41, 5.74) is 0.150. The average molecular weight is 336 g/mol. The van der Waals surface area contributed by atoms with Crippen LogP contribution in [0.5, 0.6) is 5.88 Å². The van der Waals surface area contributed by atoms with Crippen LogP contribution in [-0.4, -0.2) is 41.9 Å². The molecule has 0 bridgehead atoms. The zero-order chi connectivity index (χ0) is 17.8. The quantitative estimate of drug-likeness (QED) is 0.452. The Kier molecular flexibility index (Phi) is 9.15. The topological polar surface area (TPSA) is 78.8 Å². The molecule has 0 saturated carbocycles. The molecule has 0 aromatic carbocycles. The molecule has 0 amide bonds. The van der Waals surface area contributed by atoms with Crippen LogP contribution in [0.25, 0.3) is 0 Å². The third-order valence-corrected chi connectivity index (χ3v) is 3.75. The van der Waals surface area contributed by atoms with E-state index in [0.29, 0.717) is 24.9 Å². The van der Waals surface area contributed by atoms with E-state index < -0.39 is 5.60 Å². The fourth-order valence-electron chi connectivity index (χ4n) is 2.64. The molecule has 0 radical (unpaired) electrons. The average Bonchev–Trinajstić information content (AvgIpc) is 2.58. The SMILES string of the molecule is CCCC(O)(CCC)CNC(=NCc1cccc(OC)n1)NCC. The van der Waals surface area contributed by atoms with Crippen molar-refractivity contribution in [1.82, 2.24) is 15.6 Å². The standard InChI is InChI=1S/C18H32N4O2/c1-5-11-18(23,12-6-2)14-21-17(19-7-3)20-13-15-9-8-10-16(22-15)24-4/h8-10,23H,5-7,11-14H2,1-4H3,(H2,19,20,21). The lowest BCUT2D eigenvalue weighted by Gasteiger charge is -2.28. The maximum atomic E-state index is 10.7. The molecule has 0 fully saturated rings. The highest BCUT2D eigenvalue weighted by Gasteiger charge is 2.24. The van der Waals surface area contributed by atoms with Crippen molar-refractivity contribution in [2.45, 2.75) is 58.6 Å². The van der Waals surface area contributed by atoms with Gasteiger partial charge in [-0.3, -0.25) is 0 Å². The number of aromatic nitrogens is 1. The van der Waals surface area contributed by atoms with Gasteiger partial charge < -0.3 is 20.5 Å². The first kappa shape index (κ1) is 20.2. The van der Waals surface area contributed by atoms with E-state index in [1.165, 1.54) is 0 Å². The maximum absolute atomic E-state index is 10.7. The molecule has 1 aromatic rings. The second-order valence-electron chi connectivity index (χ2n) is 5.94. The first-order chi connectivity index (χ1) is 11.6. The summed E-state index contributed by atoms with van der Waals surface area (Å²) < 4.78 is 5.13. The van der Waals surface area contributed by atoms with Gasteiger partial charge in [0.1, 0.15) is 0 Å². The number of nitrogens with one attached hydrogen (secondary N) is 2. The van der Waals surface area contributed by atoms with Crippen molar-refractivity contribution in [2.75, 3.05) is 20.2 Å². The Hall–Kier alpha value is -1.82. The van der Waals surface area contributed by atoms with Crippen LogP contribution in [0.15, 0.2) is 23.2 Å². The van der Waals surface area contributed by atoms with Crippen LogP contribution in [0.3, 0.4) is 0 Å². The zero-order valence-electron chi connectivity index (χ0n) is 15.4. The molecule has 24 heavy (non-hydrogen) atoms. The van der Waals surface area contributed by atoms with E-state index in [1.807, 2.05) is 25.1 Å². The number of nitrogens with zero attached hydrogens (tertiary/aromatic N) is 2. The van der Waals surface area contributed by atoms with E-state index in [-0.39, 0.29) is 0 Å². The summed E-state index contributed by atoms with van der Waals surface area (Å²) in [6, 6.07) is 5.63. The summed E-state index contributed by atoms with van der Waals surface area (Å²) in [5, 5.41) is 17.2. The summed E-state index contributed by atoms with van der Waals surface area (Å²) >= 11 is 0. The highest BCUT2D eigenvalue weighted by Crippen LogP contribution is 2.18. The minimum atomic E-state index is -0.687. The minimum absolute atomic E-state index is 0.451. The van der Waals surface area contributed by atoms with Gasteiger partial charge in [-0.15, -0.1) is 0 Å². The largest absolute Gasteiger partial charge is 0.481 e. The molecular formula is C18H32N4O2. The first-order valence-electron chi connectivity index (χ1n) is 8.81. The Morgan fingerprint density at radius 2 is 1.92 bits per heavy atom. The Labute approximate surface area is 145 Å². The van der Waals surface area contributed by atoms with Gasteiger partial charge in [-0.2, -0.15) is 0 Å². The molecule has 1 aromatic heterocycles. The van der Waals surface area contributed by atoms with Crippen molar-refractivity contribution in [3.05, 3.63) is 23.9 Å². The monoisotopic (exact) mass is 336 g/mol. The van der Waals surface area contributed by atoms with Gasteiger partial charge in [-0.05, 0) is 25.8 Å². The van der Waals surface area contributed by atoms with Crippen molar-refractivity contribution in [2.24, 2.45) is 4.99 Å². The molecule has 3 N–H and O–H groups in total.